The summed E-state index contributed by atoms with van der Waals surface area (Å²) in [5.41, 5.74) is 7.69. The molecule has 1 aliphatic heterocycles. The molecule has 0 aromatic heterocycles. The smallest absolute Gasteiger partial charge is 0.301 e. The number of rotatable bonds is 1. The van der Waals surface area contributed by atoms with Gasteiger partial charge in [-0.2, -0.15) is 0 Å². The topological polar surface area (TPSA) is 56.2 Å². The fourth-order valence-electron chi connectivity index (χ4n) is 1.80. The molecule has 0 spiro atoms. The van der Waals surface area contributed by atoms with E-state index in [9.17, 15) is 4.91 Å². The van der Waals surface area contributed by atoms with Crippen LogP contribution >= 0.6 is 0 Å². The molecule has 0 bridgehead atoms. The van der Waals surface area contributed by atoms with E-state index in [1.807, 2.05) is 33.8 Å². The van der Waals surface area contributed by atoms with Crippen LogP contribution in [0.4, 0.5) is 5.69 Å². The first-order valence-corrected chi connectivity index (χ1v) is 5.65. The maximum absolute atomic E-state index is 12.3. The lowest BCUT2D eigenvalue weighted by Crippen LogP contribution is -2.47. The number of hydrogen-bond acceptors (Lipinski definition) is 2. The van der Waals surface area contributed by atoms with E-state index in [0.717, 1.165) is 4.76 Å². The van der Waals surface area contributed by atoms with Crippen molar-refractivity contribution in [3.63, 3.8) is 0 Å². The van der Waals surface area contributed by atoms with Gasteiger partial charge in [0.05, 0.1) is 11.3 Å². The summed E-state index contributed by atoms with van der Waals surface area (Å²) in [6.07, 6.45) is 0. The minimum atomic E-state index is -0.569. The molecule has 0 atom stereocenters. The van der Waals surface area contributed by atoms with Gasteiger partial charge >= 0.3 is 5.84 Å². The van der Waals surface area contributed by atoms with Crippen LogP contribution in [0.3, 0.4) is 0 Å². The van der Waals surface area contributed by atoms with Crippen molar-refractivity contribution in [1.82, 2.24) is 5.73 Å². The van der Waals surface area contributed by atoms with E-state index >= 15 is 0 Å². The molecule has 2 rings (SSSR count). The normalized spacial score (nSPS) is 21.4. The SMILES string of the molecule is CC1(C)N=C(c2cccc([NH])c2)[N+](=O)C1(C)C. The van der Waals surface area contributed by atoms with Crippen LogP contribution in [0.25, 0.3) is 0 Å². The zero-order valence-corrected chi connectivity index (χ0v) is 10.6. The molecule has 0 unspecified atom stereocenters. The van der Waals surface area contributed by atoms with Crippen molar-refractivity contribution in [1.29, 1.82) is 0 Å². The Labute approximate surface area is 101 Å². The van der Waals surface area contributed by atoms with Crippen LogP contribution in [0.5, 0.6) is 0 Å². The highest BCUT2D eigenvalue weighted by Crippen LogP contribution is 2.36. The second kappa shape index (κ2) is 3.39. The molecule has 89 valence electrons. The predicted octanol–water partition coefficient (Wildman–Crippen LogP) is 2.70. The third-order valence-corrected chi connectivity index (χ3v) is 3.70. The summed E-state index contributed by atoms with van der Waals surface area (Å²) in [6, 6.07) is 6.94. The van der Waals surface area contributed by atoms with Crippen molar-refractivity contribution in [3.8, 4) is 0 Å². The minimum absolute atomic E-state index is 0.390. The van der Waals surface area contributed by atoms with Crippen molar-refractivity contribution in [2.75, 3.05) is 0 Å². The average molecular weight is 231 g/mol. The maximum atomic E-state index is 12.3. The summed E-state index contributed by atoms with van der Waals surface area (Å²) in [7, 11) is 0. The van der Waals surface area contributed by atoms with Crippen LogP contribution in [-0.4, -0.2) is 21.7 Å². The van der Waals surface area contributed by atoms with Crippen LogP contribution in [0.2, 0.25) is 0 Å². The van der Waals surface area contributed by atoms with Gasteiger partial charge in [-0.3, -0.25) is 0 Å². The summed E-state index contributed by atoms with van der Waals surface area (Å²) in [6.45, 7) is 7.69. The van der Waals surface area contributed by atoms with Gasteiger partial charge in [0.1, 0.15) is 0 Å². The highest BCUT2D eigenvalue weighted by molar-refractivity contribution is 5.94. The Hall–Kier alpha value is -1.71. The number of aliphatic imine (C=N–C) groups is 1. The Morgan fingerprint density at radius 1 is 1.24 bits per heavy atom. The first-order valence-electron chi connectivity index (χ1n) is 5.65. The zero-order chi connectivity index (χ0) is 12.8. The monoisotopic (exact) mass is 231 g/mol. The maximum Gasteiger partial charge on any atom is 0.364 e. The molecule has 4 heteroatoms. The third kappa shape index (κ3) is 1.64. The van der Waals surface area contributed by atoms with Crippen LogP contribution in [0.1, 0.15) is 33.3 Å². The zero-order valence-electron chi connectivity index (χ0n) is 10.6. The van der Waals surface area contributed by atoms with E-state index in [2.05, 4.69) is 4.99 Å². The van der Waals surface area contributed by atoms with Gasteiger partial charge < -0.3 is 5.73 Å². The van der Waals surface area contributed by atoms with Gasteiger partial charge in [-0.25, -0.2) is 0 Å². The van der Waals surface area contributed by atoms with Gasteiger partial charge in [0.2, 0.25) is 0 Å². The van der Waals surface area contributed by atoms with E-state index in [4.69, 9.17) is 5.73 Å². The molecule has 17 heavy (non-hydrogen) atoms. The van der Waals surface area contributed by atoms with Gasteiger partial charge in [0.15, 0.2) is 11.1 Å². The minimum Gasteiger partial charge on any atom is -0.301 e. The summed E-state index contributed by atoms with van der Waals surface area (Å²) in [4.78, 5) is 16.8. The molecule has 0 aliphatic carbocycles. The molecular weight excluding hydrogens is 214 g/mol. The van der Waals surface area contributed by atoms with Crippen LogP contribution < -0.4 is 5.73 Å². The molecule has 0 fully saturated rings. The molecule has 0 saturated carbocycles. The summed E-state index contributed by atoms with van der Waals surface area (Å²) in [5.74, 6) is 0.425. The lowest BCUT2D eigenvalue weighted by molar-refractivity contribution is -0.514. The second-order valence-electron chi connectivity index (χ2n) is 5.43. The average Bonchev–Trinajstić information content (AvgIpc) is 2.39. The Morgan fingerprint density at radius 3 is 2.35 bits per heavy atom. The van der Waals surface area contributed by atoms with Crippen LogP contribution in [0, 0.1) is 4.91 Å². The highest BCUT2D eigenvalue weighted by atomic mass is 16.3. The number of nitroso groups, excluding NO2 is 1. The fraction of sp³-hybridized carbons (Fsp3) is 0.462. The van der Waals surface area contributed by atoms with Crippen molar-refractivity contribution in [2.45, 2.75) is 38.8 Å². The second-order valence-corrected chi connectivity index (χ2v) is 5.43. The van der Waals surface area contributed by atoms with Crippen LogP contribution in [-0.2, 0) is 0 Å². The van der Waals surface area contributed by atoms with Gasteiger partial charge in [0.25, 0.3) is 0 Å². The molecule has 1 aromatic carbocycles. The van der Waals surface area contributed by atoms with E-state index in [0.29, 0.717) is 17.1 Å². The molecule has 0 saturated heterocycles. The number of nitrogens with zero attached hydrogens (tertiary/aromatic N) is 2. The third-order valence-electron chi connectivity index (χ3n) is 3.70. The first-order chi connectivity index (χ1) is 7.75. The van der Waals surface area contributed by atoms with Gasteiger partial charge in [-0.05, 0) is 50.7 Å². The highest BCUT2D eigenvalue weighted by Gasteiger charge is 2.59. The lowest BCUT2D eigenvalue weighted by Gasteiger charge is -2.22. The van der Waals surface area contributed by atoms with Crippen LogP contribution in [0.15, 0.2) is 29.3 Å². The molecule has 1 N–H and O–H groups in total. The standard InChI is InChI=1S/C13H17N3O/c1-12(2)13(3,4)16(17)11(15-12)9-6-5-7-10(14)8-9/h5-8,14H,1-4H3/q+1. The van der Waals surface area contributed by atoms with E-state index < -0.39 is 11.1 Å². The Kier molecular flexibility index (Phi) is 2.35. The number of hydrogen-bond donors (Lipinski definition) is 0. The fourth-order valence-corrected chi connectivity index (χ4v) is 1.80. The lowest BCUT2D eigenvalue weighted by atomic mass is 9.84. The molecule has 0 amide bonds. The Bertz CT molecular complexity index is 515. The van der Waals surface area contributed by atoms with Gasteiger partial charge in [-0.1, -0.05) is 16.0 Å². The summed E-state index contributed by atoms with van der Waals surface area (Å²) in [5, 5.41) is 0. The van der Waals surface area contributed by atoms with E-state index in [1.165, 1.54) is 0 Å². The number of benzene rings is 1. The van der Waals surface area contributed by atoms with E-state index in [-0.39, 0.29) is 0 Å². The first kappa shape index (κ1) is 11.8. The van der Waals surface area contributed by atoms with Gasteiger partial charge in [0, 0.05) is 0 Å². The van der Waals surface area contributed by atoms with Crippen molar-refractivity contribution < 1.29 is 4.76 Å². The molecule has 1 radical (unpaired) electrons. The number of amidine groups is 1. The molecule has 1 aliphatic rings. The van der Waals surface area contributed by atoms with Crippen molar-refractivity contribution in [3.05, 3.63) is 34.7 Å². The largest absolute Gasteiger partial charge is 0.364 e. The summed E-state index contributed by atoms with van der Waals surface area (Å²) < 4.78 is 0.960. The van der Waals surface area contributed by atoms with Crippen molar-refractivity contribution >= 4 is 11.5 Å². The van der Waals surface area contributed by atoms with Gasteiger partial charge in [-0.15, -0.1) is 0 Å². The van der Waals surface area contributed by atoms with Crippen molar-refractivity contribution in [2.24, 2.45) is 4.99 Å². The molecule has 4 nitrogen and oxygen atoms in total. The quantitative estimate of drug-likeness (QED) is 0.685. The molecule has 1 heterocycles. The number of nitrogens with one attached hydrogen (secondary N) is 1. The summed E-state index contributed by atoms with van der Waals surface area (Å²) >= 11 is 0. The molecular formula is C13H17N3O+. The predicted molar refractivity (Wildman–Crippen MR) is 67.5 cm³/mol. The van der Waals surface area contributed by atoms with E-state index in [1.54, 1.807) is 18.2 Å². The Balaban J connectivity index is 2.53. The molecule has 1 aromatic rings. The Morgan fingerprint density at radius 2 is 1.88 bits per heavy atom.